The molecule has 7 heteroatoms. The molecule has 0 saturated heterocycles. The minimum Gasteiger partial charge on any atom is -0.400 e. The summed E-state index contributed by atoms with van der Waals surface area (Å²) in [5, 5.41) is 2.50. The molecular formula is C8H21N3O3Si. The number of carbonyl (C=O) groups is 1. The topological polar surface area (TPSA) is 99.6 Å². The van der Waals surface area contributed by atoms with E-state index in [0.29, 0.717) is 6.54 Å². The van der Waals surface area contributed by atoms with Crippen molar-refractivity contribution >= 4 is 15.3 Å². The van der Waals surface area contributed by atoms with E-state index in [4.69, 9.17) is 20.3 Å². The largest absolute Gasteiger partial charge is 0.400 e. The molecule has 0 saturated carbocycles. The number of nitrogens with two attached hydrogens (primary N) is 2. The van der Waals surface area contributed by atoms with Gasteiger partial charge in [-0.3, -0.25) is 0 Å². The number of hydrogen-bond acceptors (Lipinski definition) is 4. The van der Waals surface area contributed by atoms with Crippen LogP contribution in [-0.2, 0) is 8.85 Å². The van der Waals surface area contributed by atoms with Crippen LogP contribution in [0.15, 0.2) is 0 Å². The molecule has 0 spiro atoms. The number of urea groups is 1. The number of nitrogens with one attached hydrogen (secondary N) is 1. The summed E-state index contributed by atoms with van der Waals surface area (Å²) in [7, 11) is 1.81. The van der Waals surface area contributed by atoms with Gasteiger partial charge in [-0.05, 0) is 18.9 Å². The van der Waals surface area contributed by atoms with Crippen LogP contribution < -0.4 is 16.8 Å². The standard InChI is InChI=1S/C8H21N3O3Si/c1-13-15(14-2)6-4-7(9)3-5-11-8(10)12/h7,15H,3-6,9H2,1-2H3,(H3,10,11,12). The van der Waals surface area contributed by atoms with Gasteiger partial charge in [0.1, 0.15) is 0 Å². The average Bonchev–Trinajstić information content (AvgIpc) is 2.18. The predicted octanol–water partition coefficient (Wildman–Crippen LogP) is -0.724. The van der Waals surface area contributed by atoms with Crippen molar-refractivity contribution in [3.63, 3.8) is 0 Å². The maximum atomic E-state index is 10.4. The first-order valence-electron chi connectivity index (χ1n) is 4.94. The van der Waals surface area contributed by atoms with Crippen LogP contribution in [0.5, 0.6) is 0 Å². The van der Waals surface area contributed by atoms with Crippen molar-refractivity contribution in [3.8, 4) is 0 Å². The fourth-order valence-corrected chi connectivity index (χ4v) is 2.57. The van der Waals surface area contributed by atoms with Crippen molar-refractivity contribution < 1.29 is 13.6 Å². The quantitative estimate of drug-likeness (QED) is 0.483. The lowest BCUT2D eigenvalue weighted by atomic mass is 10.2. The number of amides is 2. The summed E-state index contributed by atoms with van der Waals surface area (Å²) >= 11 is 0. The Morgan fingerprint density at radius 3 is 2.47 bits per heavy atom. The van der Waals surface area contributed by atoms with Crippen LogP contribution in [0.4, 0.5) is 4.79 Å². The molecule has 15 heavy (non-hydrogen) atoms. The molecule has 0 radical (unpaired) electrons. The Balaban J connectivity index is 3.47. The smallest absolute Gasteiger partial charge is 0.320 e. The molecule has 2 amide bonds. The van der Waals surface area contributed by atoms with Gasteiger partial charge < -0.3 is 25.6 Å². The second kappa shape index (κ2) is 8.66. The minimum absolute atomic E-state index is 0.0529. The van der Waals surface area contributed by atoms with Gasteiger partial charge in [-0.1, -0.05) is 0 Å². The van der Waals surface area contributed by atoms with E-state index in [1.165, 1.54) is 0 Å². The van der Waals surface area contributed by atoms with Crippen LogP contribution in [0.3, 0.4) is 0 Å². The van der Waals surface area contributed by atoms with Crippen LogP contribution in [-0.4, -0.2) is 42.1 Å². The molecule has 0 aromatic heterocycles. The summed E-state index contributed by atoms with van der Waals surface area (Å²) in [6.45, 7) is 0.517. The third-order valence-corrected chi connectivity index (χ3v) is 3.97. The van der Waals surface area contributed by atoms with Crippen LogP contribution in [0, 0.1) is 0 Å². The number of carbonyl (C=O) groups excluding carboxylic acids is 1. The van der Waals surface area contributed by atoms with Crippen molar-refractivity contribution in [2.45, 2.75) is 24.9 Å². The van der Waals surface area contributed by atoms with Gasteiger partial charge in [0.2, 0.25) is 0 Å². The molecule has 5 N–H and O–H groups in total. The van der Waals surface area contributed by atoms with E-state index in [0.717, 1.165) is 18.9 Å². The molecule has 0 aliphatic carbocycles. The molecule has 0 aliphatic heterocycles. The fraction of sp³-hybridized carbons (Fsp3) is 0.875. The van der Waals surface area contributed by atoms with E-state index in [1.54, 1.807) is 14.2 Å². The second-order valence-electron chi connectivity index (χ2n) is 3.32. The molecule has 6 nitrogen and oxygen atoms in total. The minimum atomic E-state index is -1.49. The van der Waals surface area contributed by atoms with Gasteiger partial charge in [0.25, 0.3) is 0 Å². The third-order valence-electron chi connectivity index (χ3n) is 2.11. The Bertz CT molecular complexity index is 179. The first kappa shape index (κ1) is 14.4. The Kier molecular flexibility index (Phi) is 8.29. The van der Waals surface area contributed by atoms with Gasteiger partial charge in [-0.25, -0.2) is 4.79 Å². The Morgan fingerprint density at radius 2 is 2.00 bits per heavy atom. The normalized spacial score (nSPS) is 12.8. The fourth-order valence-electron chi connectivity index (χ4n) is 1.21. The van der Waals surface area contributed by atoms with E-state index >= 15 is 0 Å². The summed E-state index contributed by atoms with van der Waals surface area (Å²) < 4.78 is 10.3. The van der Waals surface area contributed by atoms with Crippen LogP contribution in [0.25, 0.3) is 0 Å². The molecule has 1 unspecified atom stereocenters. The Morgan fingerprint density at radius 1 is 1.40 bits per heavy atom. The van der Waals surface area contributed by atoms with Crippen molar-refractivity contribution in [3.05, 3.63) is 0 Å². The SMILES string of the molecule is CO[SiH](CCC(N)CCNC(N)=O)OC. The number of hydrogen-bond donors (Lipinski definition) is 3. The highest BCUT2D eigenvalue weighted by atomic mass is 28.3. The van der Waals surface area contributed by atoms with E-state index < -0.39 is 15.3 Å². The maximum absolute atomic E-state index is 10.4. The van der Waals surface area contributed by atoms with Crippen molar-refractivity contribution in [2.75, 3.05) is 20.8 Å². The summed E-state index contributed by atoms with van der Waals surface area (Å²) in [5.41, 5.74) is 10.8. The molecule has 0 bridgehead atoms. The zero-order chi connectivity index (χ0) is 11.7. The lowest BCUT2D eigenvalue weighted by Gasteiger charge is -2.14. The van der Waals surface area contributed by atoms with Crippen molar-refractivity contribution in [1.82, 2.24) is 5.32 Å². The summed E-state index contributed by atoms with van der Waals surface area (Å²) in [5.74, 6) is 0. The van der Waals surface area contributed by atoms with E-state index in [2.05, 4.69) is 5.32 Å². The molecule has 0 aliphatic rings. The molecule has 0 aromatic carbocycles. The summed E-state index contributed by atoms with van der Waals surface area (Å²) in [6.07, 6.45) is 1.57. The first-order valence-corrected chi connectivity index (χ1v) is 6.70. The Hall–Kier alpha value is -0.633. The van der Waals surface area contributed by atoms with Gasteiger partial charge in [0, 0.05) is 26.8 Å². The van der Waals surface area contributed by atoms with Crippen LogP contribution >= 0.6 is 0 Å². The van der Waals surface area contributed by atoms with Crippen molar-refractivity contribution in [1.29, 1.82) is 0 Å². The predicted molar refractivity (Wildman–Crippen MR) is 60.8 cm³/mol. The van der Waals surface area contributed by atoms with Gasteiger partial charge >= 0.3 is 15.3 Å². The van der Waals surface area contributed by atoms with Gasteiger partial charge in [0.05, 0.1) is 0 Å². The zero-order valence-electron chi connectivity index (χ0n) is 9.36. The number of primary amides is 1. The highest BCUT2D eigenvalue weighted by Crippen LogP contribution is 2.04. The van der Waals surface area contributed by atoms with Gasteiger partial charge in [0.15, 0.2) is 0 Å². The van der Waals surface area contributed by atoms with Crippen LogP contribution in [0.2, 0.25) is 6.04 Å². The Labute approximate surface area is 92.1 Å². The third kappa shape index (κ3) is 8.37. The molecule has 0 heterocycles. The van der Waals surface area contributed by atoms with E-state index in [-0.39, 0.29) is 6.04 Å². The highest BCUT2D eigenvalue weighted by molar-refractivity contribution is 6.44. The molecule has 0 aromatic rings. The van der Waals surface area contributed by atoms with Crippen LogP contribution in [0.1, 0.15) is 12.8 Å². The van der Waals surface area contributed by atoms with E-state index in [1.807, 2.05) is 0 Å². The lowest BCUT2D eigenvalue weighted by molar-refractivity contribution is 0.248. The van der Waals surface area contributed by atoms with E-state index in [9.17, 15) is 4.79 Å². The highest BCUT2D eigenvalue weighted by Gasteiger charge is 2.12. The molecule has 0 rings (SSSR count). The molecule has 1 atom stereocenters. The number of rotatable bonds is 8. The molecule has 0 fully saturated rings. The monoisotopic (exact) mass is 235 g/mol. The van der Waals surface area contributed by atoms with Gasteiger partial charge in [-0.15, -0.1) is 0 Å². The maximum Gasteiger partial charge on any atom is 0.320 e. The average molecular weight is 235 g/mol. The summed E-state index contributed by atoms with van der Waals surface area (Å²) in [6, 6.07) is 0.422. The van der Waals surface area contributed by atoms with Crippen molar-refractivity contribution in [2.24, 2.45) is 11.5 Å². The van der Waals surface area contributed by atoms with Gasteiger partial charge in [-0.2, -0.15) is 0 Å². The first-order chi connectivity index (χ1) is 7.10. The molecular weight excluding hydrogens is 214 g/mol. The lowest BCUT2D eigenvalue weighted by Crippen LogP contribution is -2.34. The molecule has 90 valence electrons. The zero-order valence-corrected chi connectivity index (χ0v) is 10.5. The summed E-state index contributed by atoms with van der Waals surface area (Å²) in [4.78, 5) is 10.4. The second-order valence-corrected chi connectivity index (χ2v) is 5.70.